The maximum absolute atomic E-state index is 2.67. The number of hydrogen-bond acceptors (Lipinski definition) is 0. The Morgan fingerprint density at radius 3 is 2.53 bits per heavy atom. The molecule has 0 saturated carbocycles. The monoisotopic (exact) mass is 388 g/mol. The van der Waals surface area contributed by atoms with Crippen molar-refractivity contribution in [1.29, 1.82) is 0 Å². The van der Waals surface area contributed by atoms with Crippen LogP contribution in [0.1, 0.15) is 19.8 Å². The van der Waals surface area contributed by atoms with Gasteiger partial charge in [-0.05, 0) is 0 Å². The molecule has 1 heterocycles. The van der Waals surface area contributed by atoms with E-state index in [1.54, 1.807) is 8.48 Å². The molecule has 19 heavy (non-hydrogen) atoms. The van der Waals surface area contributed by atoms with Gasteiger partial charge in [-0.15, -0.1) is 0 Å². The molecule has 0 bridgehead atoms. The minimum absolute atomic E-state index is 0. The van der Waals surface area contributed by atoms with Crippen LogP contribution >= 0.6 is 0 Å². The van der Waals surface area contributed by atoms with Gasteiger partial charge in [0.25, 0.3) is 0 Å². The summed E-state index contributed by atoms with van der Waals surface area (Å²) in [5.41, 5.74) is 0. The second kappa shape index (κ2) is 6.60. The molecule has 1 aliphatic heterocycles. The standard InChI is InChI=1S/C10H15Si.C5H5.2ClH.Zr/c1-9-4-5-10(8-9)11(2)6-3-7-11;1-2-4-5-3-1;;;/h4-5,8H,3,6-7H2,1-2H3;1-3H,4H2;2*1H;/q;;;;+2/p-2. The first-order valence-electron chi connectivity index (χ1n) is 6.66. The molecule has 102 valence electrons. The Kier molecular flexibility index (Phi) is 6.15. The van der Waals surface area contributed by atoms with Crippen molar-refractivity contribution < 1.29 is 48.0 Å². The molecule has 0 aromatic rings. The normalized spacial score (nSPS) is 29.6. The molecular weight excluding hydrogens is 370 g/mol. The van der Waals surface area contributed by atoms with E-state index in [0.717, 1.165) is 0 Å². The first kappa shape index (κ1) is 17.7. The molecule has 2 aliphatic carbocycles. The molecule has 1 atom stereocenters. The molecule has 4 heteroatoms. The number of allylic oxidation sites excluding steroid dienone is 8. The minimum Gasteiger partial charge on any atom is -1.00 e. The number of halogens is 2. The Morgan fingerprint density at radius 2 is 2.00 bits per heavy atom. The van der Waals surface area contributed by atoms with Crippen molar-refractivity contribution in [2.24, 2.45) is 0 Å². The molecule has 0 radical (unpaired) electrons. The molecule has 0 spiro atoms. The van der Waals surface area contributed by atoms with Crippen molar-refractivity contribution in [1.82, 2.24) is 0 Å². The van der Waals surface area contributed by atoms with E-state index in [4.69, 9.17) is 0 Å². The summed E-state index contributed by atoms with van der Waals surface area (Å²) in [6.45, 7) is 5.05. The van der Waals surface area contributed by atoms with Crippen molar-refractivity contribution >= 4 is 8.07 Å². The van der Waals surface area contributed by atoms with Crippen LogP contribution in [-0.4, -0.2) is 8.07 Å². The Labute approximate surface area is 141 Å². The van der Waals surface area contributed by atoms with Gasteiger partial charge >= 0.3 is 118 Å². The average Bonchev–Trinajstić information content (AvgIpc) is 2.85. The topological polar surface area (TPSA) is 0 Å². The molecule has 0 aromatic carbocycles. The van der Waals surface area contributed by atoms with Crippen LogP contribution in [0.25, 0.3) is 0 Å². The van der Waals surface area contributed by atoms with Crippen molar-refractivity contribution in [2.75, 3.05) is 0 Å². The van der Waals surface area contributed by atoms with E-state index in [-0.39, 0.29) is 24.8 Å². The molecule has 0 amide bonds. The van der Waals surface area contributed by atoms with Crippen LogP contribution in [0.4, 0.5) is 0 Å². The van der Waals surface area contributed by atoms with Crippen LogP contribution in [0.15, 0.2) is 44.9 Å². The zero-order chi connectivity index (χ0) is 11.9. The van der Waals surface area contributed by atoms with Gasteiger partial charge in [-0.2, -0.15) is 0 Å². The molecular formula is C15H20Cl2SiZr. The third-order valence-electron chi connectivity index (χ3n) is 4.42. The van der Waals surface area contributed by atoms with Gasteiger partial charge in [-0.3, -0.25) is 0 Å². The zero-order valence-corrected chi connectivity index (χ0v) is 16.5. The Bertz CT molecular complexity index is 461. The number of rotatable bonds is 3. The first-order valence-corrected chi connectivity index (χ1v) is 12.0. The van der Waals surface area contributed by atoms with E-state index in [9.17, 15) is 0 Å². The van der Waals surface area contributed by atoms with Gasteiger partial charge in [-0.1, -0.05) is 0 Å². The molecule has 1 unspecified atom stereocenters. The predicted molar refractivity (Wildman–Crippen MR) is 73.3 cm³/mol. The predicted octanol–water partition coefficient (Wildman–Crippen LogP) is -1.38. The third-order valence-corrected chi connectivity index (χ3v) is 12.8. The molecule has 3 rings (SSSR count). The summed E-state index contributed by atoms with van der Waals surface area (Å²) in [7, 11) is -0.942. The summed E-state index contributed by atoms with van der Waals surface area (Å²) in [4.78, 5) is 0. The van der Waals surface area contributed by atoms with Crippen LogP contribution in [0, 0.1) is 0 Å². The van der Waals surface area contributed by atoms with Crippen molar-refractivity contribution in [3.05, 3.63) is 44.9 Å². The molecule has 1 fully saturated rings. The van der Waals surface area contributed by atoms with Gasteiger partial charge in [0.15, 0.2) is 0 Å². The number of hydrogen-bond donors (Lipinski definition) is 0. The van der Waals surface area contributed by atoms with Gasteiger partial charge in [0.05, 0.1) is 0 Å². The fourth-order valence-corrected chi connectivity index (χ4v) is 10.1. The van der Waals surface area contributed by atoms with E-state index >= 15 is 0 Å². The average molecular weight is 391 g/mol. The van der Waals surface area contributed by atoms with Crippen LogP contribution in [0.5, 0.6) is 0 Å². The van der Waals surface area contributed by atoms with Crippen LogP contribution in [-0.2, 0) is 23.2 Å². The second-order valence-corrected chi connectivity index (χ2v) is 15.6. The molecule has 1 saturated heterocycles. The van der Waals surface area contributed by atoms with Crippen LogP contribution in [0.2, 0.25) is 21.8 Å². The maximum Gasteiger partial charge on any atom is -1.00 e. The van der Waals surface area contributed by atoms with Gasteiger partial charge in [0.1, 0.15) is 0 Å². The van der Waals surface area contributed by atoms with Gasteiger partial charge in [-0.25, -0.2) is 0 Å². The summed E-state index contributed by atoms with van der Waals surface area (Å²) in [5.74, 6) is 0. The minimum atomic E-state index is -0.942. The van der Waals surface area contributed by atoms with E-state index < -0.39 is 31.3 Å². The summed E-state index contributed by atoms with van der Waals surface area (Å²) in [6.07, 6.45) is 17.4. The van der Waals surface area contributed by atoms with Crippen molar-refractivity contribution in [3.63, 3.8) is 0 Å². The quantitative estimate of drug-likeness (QED) is 0.521. The van der Waals surface area contributed by atoms with Crippen molar-refractivity contribution in [2.45, 2.75) is 41.5 Å². The Balaban J connectivity index is 0.000000902. The summed E-state index contributed by atoms with van der Waals surface area (Å²) < 4.78 is 2.24. The van der Waals surface area contributed by atoms with Gasteiger partial charge in [0.2, 0.25) is 0 Å². The Morgan fingerprint density at radius 1 is 1.26 bits per heavy atom. The summed E-state index contributed by atoms with van der Waals surface area (Å²) in [6, 6.07) is 3.07. The SMILES string of the molecule is C[C]1([Zr+2][C]2=CC=CC2)C=CC([Si]2(C)CCC2)=C1.[Cl-].[Cl-]. The zero-order valence-electron chi connectivity index (χ0n) is 11.5. The van der Waals surface area contributed by atoms with Gasteiger partial charge in [0, 0.05) is 0 Å². The first-order chi connectivity index (χ1) is 8.10. The summed E-state index contributed by atoms with van der Waals surface area (Å²) in [5, 5.41) is 1.78. The fourth-order valence-electron chi connectivity index (χ4n) is 3.02. The van der Waals surface area contributed by atoms with Crippen LogP contribution in [0.3, 0.4) is 0 Å². The van der Waals surface area contributed by atoms with E-state index in [1.807, 2.05) is 0 Å². The maximum atomic E-state index is 2.67. The largest absolute Gasteiger partial charge is 1.00 e. The van der Waals surface area contributed by atoms with E-state index in [1.165, 1.54) is 24.9 Å². The third kappa shape index (κ3) is 3.64. The van der Waals surface area contributed by atoms with Gasteiger partial charge < -0.3 is 24.8 Å². The van der Waals surface area contributed by atoms with Crippen LogP contribution < -0.4 is 24.8 Å². The van der Waals surface area contributed by atoms with E-state index in [2.05, 4.69) is 49.9 Å². The summed E-state index contributed by atoms with van der Waals surface area (Å²) >= 11 is -0.453. The van der Waals surface area contributed by atoms with Crippen molar-refractivity contribution in [3.8, 4) is 0 Å². The Hall–Kier alpha value is 0.640. The smallest absolute Gasteiger partial charge is 1.00 e. The molecule has 0 nitrogen and oxygen atoms in total. The molecule has 3 aliphatic rings. The van der Waals surface area contributed by atoms with E-state index in [0.29, 0.717) is 3.12 Å². The molecule has 0 aromatic heterocycles. The fraction of sp³-hybridized carbons (Fsp3) is 0.467. The second-order valence-electron chi connectivity index (χ2n) is 6.08. The molecule has 0 N–H and O–H groups in total.